The van der Waals surface area contributed by atoms with Crippen LogP contribution in [0.25, 0.3) is 0 Å². The molecule has 4 heteroatoms. The van der Waals surface area contributed by atoms with Crippen molar-refractivity contribution in [2.45, 2.75) is 24.3 Å². The van der Waals surface area contributed by atoms with Gasteiger partial charge >= 0.3 is 0 Å². The lowest BCUT2D eigenvalue weighted by atomic mass is 10.2. The largest absolute Gasteiger partial charge is 0.369 e. The quantitative estimate of drug-likeness (QED) is 0.884. The van der Waals surface area contributed by atoms with E-state index in [1.54, 1.807) is 11.8 Å². The zero-order valence-corrected chi connectivity index (χ0v) is 10.3. The zero-order chi connectivity index (χ0) is 11.4. The smallest absolute Gasteiger partial charge is 0.230 e. The standard InChI is InChI=1S/C11H14ClNOS/c1-7(15-8(2)11(13)14)9-3-5-10(12)6-4-9/h3-8H,1-2H3,(H2,13,14). The molecule has 1 aromatic carbocycles. The average molecular weight is 244 g/mol. The van der Waals surface area contributed by atoms with Crippen LogP contribution in [0.1, 0.15) is 24.7 Å². The van der Waals surface area contributed by atoms with Crippen molar-refractivity contribution in [1.82, 2.24) is 0 Å². The molecular weight excluding hydrogens is 230 g/mol. The molecule has 0 radical (unpaired) electrons. The van der Waals surface area contributed by atoms with E-state index in [0.717, 1.165) is 10.6 Å². The molecule has 0 heterocycles. The van der Waals surface area contributed by atoms with Crippen LogP contribution in [0.3, 0.4) is 0 Å². The second kappa shape index (κ2) is 5.42. The predicted molar refractivity (Wildman–Crippen MR) is 66.1 cm³/mol. The number of nitrogens with two attached hydrogens (primary N) is 1. The van der Waals surface area contributed by atoms with E-state index in [0.29, 0.717) is 0 Å². The Kier molecular flexibility index (Phi) is 4.48. The van der Waals surface area contributed by atoms with Gasteiger partial charge in [0.1, 0.15) is 0 Å². The Morgan fingerprint density at radius 1 is 1.33 bits per heavy atom. The second-order valence-electron chi connectivity index (χ2n) is 3.37. The first-order valence-electron chi connectivity index (χ1n) is 4.71. The first-order chi connectivity index (χ1) is 7.00. The van der Waals surface area contributed by atoms with Crippen LogP contribution in [0.5, 0.6) is 0 Å². The van der Waals surface area contributed by atoms with Crippen molar-refractivity contribution in [3.63, 3.8) is 0 Å². The minimum absolute atomic E-state index is 0.171. The highest BCUT2D eigenvalue weighted by Gasteiger charge is 2.14. The molecule has 2 unspecified atom stereocenters. The normalized spacial score (nSPS) is 14.6. The summed E-state index contributed by atoms with van der Waals surface area (Å²) in [5.41, 5.74) is 6.36. The van der Waals surface area contributed by atoms with E-state index in [2.05, 4.69) is 0 Å². The zero-order valence-electron chi connectivity index (χ0n) is 8.74. The minimum Gasteiger partial charge on any atom is -0.369 e. The third-order valence-corrected chi connectivity index (χ3v) is 3.72. The monoisotopic (exact) mass is 243 g/mol. The van der Waals surface area contributed by atoms with Crippen LogP contribution in [-0.4, -0.2) is 11.2 Å². The molecule has 2 nitrogen and oxygen atoms in total. The number of carbonyl (C=O) groups excluding carboxylic acids is 1. The Labute approximate surface area is 99.2 Å². The topological polar surface area (TPSA) is 43.1 Å². The van der Waals surface area contributed by atoms with E-state index in [1.807, 2.05) is 38.1 Å². The predicted octanol–water partition coefficient (Wildman–Crippen LogP) is 3.01. The molecule has 2 N–H and O–H groups in total. The summed E-state index contributed by atoms with van der Waals surface area (Å²) in [5, 5.41) is 0.791. The molecule has 0 bridgehead atoms. The maximum Gasteiger partial charge on any atom is 0.230 e. The lowest BCUT2D eigenvalue weighted by molar-refractivity contribution is -0.117. The van der Waals surface area contributed by atoms with Crippen LogP contribution in [0.4, 0.5) is 0 Å². The number of amides is 1. The van der Waals surface area contributed by atoms with Gasteiger partial charge in [-0.25, -0.2) is 0 Å². The fraction of sp³-hybridized carbons (Fsp3) is 0.364. The number of hydrogen-bond donors (Lipinski definition) is 1. The van der Waals surface area contributed by atoms with E-state index in [1.165, 1.54) is 0 Å². The number of hydrogen-bond acceptors (Lipinski definition) is 2. The molecule has 0 aliphatic heterocycles. The number of halogens is 1. The summed E-state index contributed by atoms with van der Waals surface area (Å²) in [6.07, 6.45) is 0. The maximum atomic E-state index is 10.9. The molecule has 1 amide bonds. The number of primary amides is 1. The molecule has 2 atom stereocenters. The van der Waals surface area contributed by atoms with Crippen LogP contribution in [0.2, 0.25) is 5.02 Å². The minimum atomic E-state index is -0.277. The van der Waals surface area contributed by atoms with Crippen molar-refractivity contribution >= 4 is 29.3 Å². The van der Waals surface area contributed by atoms with Gasteiger partial charge in [0, 0.05) is 10.3 Å². The van der Waals surface area contributed by atoms with Crippen molar-refractivity contribution in [1.29, 1.82) is 0 Å². The van der Waals surface area contributed by atoms with Gasteiger partial charge in [-0.2, -0.15) is 0 Å². The molecule has 0 aromatic heterocycles. The van der Waals surface area contributed by atoms with Crippen molar-refractivity contribution < 1.29 is 4.79 Å². The summed E-state index contributed by atoms with van der Waals surface area (Å²) >= 11 is 7.34. The molecule has 1 aromatic rings. The molecule has 15 heavy (non-hydrogen) atoms. The fourth-order valence-electron chi connectivity index (χ4n) is 1.19. The number of benzene rings is 1. The van der Waals surface area contributed by atoms with Crippen molar-refractivity contribution in [2.75, 3.05) is 0 Å². The van der Waals surface area contributed by atoms with Crippen LogP contribution in [0, 0.1) is 0 Å². The third-order valence-electron chi connectivity index (χ3n) is 2.15. The van der Waals surface area contributed by atoms with E-state index in [-0.39, 0.29) is 16.4 Å². The summed E-state index contributed by atoms with van der Waals surface area (Å²) in [4.78, 5) is 10.9. The Morgan fingerprint density at radius 3 is 2.33 bits per heavy atom. The Hall–Kier alpha value is -0.670. The van der Waals surface area contributed by atoms with Crippen molar-refractivity contribution in [2.24, 2.45) is 5.73 Å². The molecule has 0 aliphatic carbocycles. The SMILES string of the molecule is CC(SC(C)c1ccc(Cl)cc1)C(N)=O. The van der Waals surface area contributed by atoms with E-state index in [9.17, 15) is 4.79 Å². The van der Waals surface area contributed by atoms with Gasteiger partial charge < -0.3 is 5.73 Å². The van der Waals surface area contributed by atoms with Gasteiger partial charge in [0.05, 0.1) is 5.25 Å². The number of thioether (sulfide) groups is 1. The molecule has 82 valence electrons. The lowest BCUT2D eigenvalue weighted by Gasteiger charge is -2.14. The molecule has 0 saturated heterocycles. The van der Waals surface area contributed by atoms with E-state index >= 15 is 0 Å². The molecule has 0 saturated carbocycles. The van der Waals surface area contributed by atoms with Crippen LogP contribution in [-0.2, 0) is 4.79 Å². The van der Waals surface area contributed by atoms with Gasteiger partial charge in [-0.15, -0.1) is 11.8 Å². The highest BCUT2D eigenvalue weighted by atomic mass is 35.5. The third kappa shape index (κ3) is 3.76. The average Bonchev–Trinajstić information content (AvgIpc) is 2.18. The first-order valence-corrected chi connectivity index (χ1v) is 6.03. The van der Waals surface area contributed by atoms with Gasteiger partial charge in [-0.1, -0.05) is 23.7 Å². The summed E-state index contributed by atoms with van der Waals surface area (Å²) < 4.78 is 0. The van der Waals surface area contributed by atoms with Crippen LogP contribution < -0.4 is 5.73 Å². The van der Waals surface area contributed by atoms with Gasteiger partial charge in [0.2, 0.25) is 5.91 Å². The second-order valence-corrected chi connectivity index (χ2v) is 5.50. The van der Waals surface area contributed by atoms with Gasteiger partial charge in [-0.05, 0) is 31.5 Å². The lowest BCUT2D eigenvalue weighted by Crippen LogP contribution is -2.23. The molecule has 0 spiro atoms. The fourth-order valence-corrected chi connectivity index (χ4v) is 2.37. The molecular formula is C11H14ClNOS. The highest BCUT2D eigenvalue weighted by molar-refractivity contribution is 8.00. The summed E-state index contributed by atoms with van der Waals surface area (Å²) in [6, 6.07) is 7.63. The van der Waals surface area contributed by atoms with E-state index in [4.69, 9.17) is 17.3 Å². The Balaban J connectivity index is 2.64. The van der Waals surface area contributed by atoms with Crippen LogP contribution >= 0.6 is 23.4 Å². The first kappa shape index (κ1) is 12.4. The van der Waals surface area contributed by atoms with Crippen LogP contribution in [0.15, 0.2) is 24.3 Å². The number of rotatable bonds is 4. The summed E-state index contributed by atoms with van der Waals surface area (Å²) in [6.45, 7) is 3.87. The Bertz CT molecular complexity index is 339. The maximum absolute atomic E-state index is 10.9. The molecule has 1 rings (SSSR count). The molecule has 0 fully saturated rings. The van der Waals surface area contributed by atoms with Gasteiger partial charge in [0.25, 0.3) is 0 Å². The highest BCUT2D eigenvalue weighted by Crippen LogP contribution is 2.31. The molecule has 0 aliphatic rings. The number of carbonyl (C=O) groups is 1. The van der Waals surface area contributed by atoms with E-state index < -0.39 is 0 Å². The Morgan fingerprint density at radius 2 is 1.87 bits per heavy atom. The summed E-state index contributed by atoms with van der Waals surface area (Å²) in [7, 11) is 0. The van der Waals surface area contributed by atoms with Gasteiger partial charge in [0.15, 0.2) is 0 Å². The summed E-state index contributed by atoms with van der Waals surface area (Å²) in [5.74, 6) is -0.277. The van der Waals surface area contributed by atoms with Crippen molar-refractivity contribution in [3.05, 3.63) is 34.9 Å². The van der Waals surface area contributed by atoms with Crippen molar-refractivity contribution in [3.8, 4) is 0 Å². The van der Waals surface area contributed by atoms with Gasteiger partial charge in [-0.3, -0.25) is 4.79 Å².